The molecule has 1 rings (SSSR count). The molecule has 104 valence electrons. The van der Waals surface area contributed by atoms with Gasteiger partial charge in [-0.3, -0.25) is 9.59 Å². The van der Waals surface area contributed by atoms with Crippen LogP contribution in [0.1, 0.15) is 30.6 Å². The zero-order valence-corrected chi connectivity index (χ0v) is 12.1. The van der Waals surface area contributed by atoms with Crippen LogP contribution in [0.15, 0.2) is 29.2 Å². The van der Waals surface area contributed by atoms with Crippen LogP contribution in [-0.4, -0.2) is 30.8 Å². The second kappa shape index (κ2) is 8.58. The molecule has 4 nitrogen and oxygen atoms in total. The van der Waals surface area contributed by atoms with E-state index in [2.05, 4.69) is 12.2 Å². The lowest BCUT2D eigenvalue weighted by Gasteiger charge is -2.09. The van der Waals surface area contributed by atoms with E-state index in [-0.39, 0.29) is 12.5 Å². The Hall–Kier alpha value is -1.49. The second-order valence-corrected chi connectivity index (χ2v) is 4.97. The largest absolute Gasteiger partial charge is 0.465 e. The van der Waals surface area contributed by atoms with Gasteiger partial charge in [-0.25, -0.2) is 0 Å². The van der Waals surface area contributed by atoms with Crippen molar-refractivity contribution < 1.29 is 14.3 Å². The summed E-state index contributed by atoms with van der Waals surface area (Å²) in [5.41, 5.74) is 0.602. The van der Waals surface area contributed by atoms with Crippen molar-refractivity contribution in [2.24, 2.45) is 0 Å². The van der Waals surface area contributed by atoms with Gasteiger partial charge in [0.25, 0.3) is 5.91 Å². The molecule has 0 radical (unpaired) electrons. The average Bonchev–Trinajstić information content (AvgIpc) is 2.43. The molecule has 5 heteroatoms. The van der Waals surface area contributed by atoms with Gasteiger partial charge in [-0.15, -0.1) is 11.8 Å². The van der Waals surface area contributed by atoms with Crippen LogP contribution in [-0.2, 0) is 9.53 Å². The van der Waals surface area contributed by atoms with Crippen LogP contribution >= 0.6 is 11.8 Å². The molecule has 0 heterocycles. The summed E-state index contributed by atoms with van der Waals surface area (Å²) in [5, 5.41) is 2.57. The molecule has 0 aliphatic heterocycles. The van der Waals surface area contributed by atoms with Crippen LogP contribution < -0.4 is 5.32 Å². The first-order chi connectivity index (χ1) is 9.19. The average molecular weight is 281 g/mol. The first-order valence-electron chi connectivity index (χ1n) is 6.34. The maximum Gasteiger partial charge on any atom is 0.325 e. The number of carbonyl (C=O) groups is 2. The summed E-state index contributed by atoms with van der Waals surface area (Å²) < 4.78 is 4.76. The van der Waals surface area contributed by atoms with Crippen LogP contribution in [0, 0.1) is 0 Å². The molecule has 0 aromatic heterocycles. The standard InChI is InChI=1S/C14H19NO3S/c1-3-9-19-12-8-6-5-7-11(12)14(17)15-10-13(16)18-4-2/h5-8H,3-4,9-10H2,1-2H3,(H,15,17). The number of hydrogen-bond donors (Lipinski definition) is 1. The van der Waals surface area contributed by atoms with Crippen molar-refractivity contribution in [3.05, 3.63) is 29.8 Å². The zero-order valence-electron chi connectivity index (χ0n) is 11.3. The highest BCUT2D eigenvalue weighted by atomic mass is 32.2. The van der Waals surface area contributed by atoms with Gasteiger partial charge in [0, 0.05) is 4.90 Å². The molecule has 19 heavy (non-hydrogen) atoms. The van der Waals surface area contributed by atoms with E-state index in [4.69, 9.17) is 4.74 Å². The van der Waals surface area contributed by atoms with Gasteiger partial charge in [0.15, 0.2) is 0 Å². The van der Waals surface area contributed by atoms with Gasteiger partial charge in [-0.05, 0) is 31.2 Å². The number of nitrogens with one attached hydrogen (secondary N) is 1. The molecule has 0 bridgehead atoms. The van der Waals surface area contributed by atoms with Crippen molar-refractivity contribution in [2.75, 3.05) is 18.9 Å². The van der Waals surface area contributed by atoms with Crippen LogP contribution in [0.25, 0.3) is 0 Å². The summed E-state index contributed by atoms with van der Waals surface area (Å²) in [6.07, 6.45) is 1.05. The predicted molar refractivity (Wildman–Crippen MR) is 76.4 cm³/mol. The lowest BCUT2D eigenvalue weighted by Crippen LogP contribution is -2.30. The Morgan fingerprint density at radius 1 is 1.26 bits per heavy atom. The van der Waals surface area contributed by atoms with Crippen molar-refractivity contribution in [3.8, 4) is 0 Å². The van der Waals surface area contributed by atoms with Crippen molar-refractivity contribution in [1.82, 2.24) is 5.32 Å². The van der Waals surface area contributed by atoms with E-state index < -0.39 is 5.97 Å². The molecule has 0 unspecified atom stereocenters. The van der Waals surface area contributed by atoms with E-state index in [9.17, 15) is 9.59 Å². The second-order valence-electron chi connectivity index (χ2n) is 3.83. The quantitative estimate of drug-likeness (QED) is 0.616. The van der Waals surface area contributed by atoms with Crippen LogP contribution in [0.2, 0.25) is 0 Å². The van der Waals surface area contributed by atoms with Gasteiger partial charge in [0.2, 0.25) is 0 Å². The Kier molecular flexibility index (Phi) is 7.03. The Balaban J connectivity index is 2.63. The third kappa shape index (κ3) is 5.34. The topological polar surface area (TPSA) is 55.4 Å². The molecule has 1 N–H and O–H groups in total. The molecular formula is C14H19NO3S. The minimum atomic E-state index is -0.422. The smallest absolute Gasteiger partial charge is 0.325 e. The Morgan fingerprint density at radius 2 is 2.00 bits per heavy atom. The maximum atomic E-state index is 12.0. The van der Waals surface area contributed by atoms with Crippen molar-refractivity contribution in [1.29, 1.82) is 0 Å². The number of hydrogen-bond acceptors (Lipinski definition) is 4. The van der Waals surface area contributed by atoms with Crippen molar-refractivity contribution in [3.63, 3.8) is 0 Å². The SMILES string of the molecule is CCCSc1ccccc1C(=O)NCC(=O)OCC. The number of ether oxygens (including phenoxy) is 1. The van der Waals surface area contributed by atoms with Crippen molar-refractivity contribution >= 4 is 23.6 Å². The molecule has 1 amide bonds. The fraction of sp³-hybridized carbons (Fsp3) is 0.429. The van der Waals surface area contributed by atoms with Gasteiger partial charge in [0.1, 0.15) is 6.54 Å². The summed E-state index contributed by atoms with van der Waals surface area (Å²) in [4.78, 5) is 24.1. The molecule has 1 aromatic carbocycles. The minimum absolute atomic E-state index is 0.0978. The van der Waals surface area contributed by atoms with Crippen LogP contribution in [0.5, 0.6) is 0 Å². The summed E-state index contributed by atoms with van der Waals surface area (Å²) in [6.45, 7) is 4.05. The highest BCUT2D eigenvalue weighted by Crippen LogP contribution is 2.23. The monoisotopic (exact) mass is 281 g/mol. The van der Waals surface area contributed by atoms with Gasteiger partial charge >= 0.3 is 5.97 Å². The van der Waals surface area contributed by atoms with Gasteiger partial charge < -0.3 is 10.1 Å². The molecule has 1 aromatic rings. The summed E-state index contributed by atoms with van der Waals surface area (Å²) in [7, 11) is 0. The van der Waals surface area contributed by atoms with Gasteiger partial charge in [-0.1, -0.05) is 19.1 Å². The number of rotatable bonds is 7. The normalized spacial score (nSPS) is 10.0. The Labute approximate surface area is 117 Å². The maximum absolute atomic E-state index is 12.0. The van der Waals surface area contributed by atoms with E-state index in [0.717, 1.165) is 17.1 Å². The first kappa shape index (κ1) is 15.6. The number of thioether (sulfide) groups is 1. The van der Waals surface area contributed by atoms with E-state index in [0.29, 0.717) is 12.2 Å². The highest BCUT2D eigenvalue weighted by Gasteiger charge is 2.12. The number of benzene rings is 1. The Morgan fingerprint density at radius 3 is 2.68 bits per heavy atom. The third-order valence-electron chi connectivity index (χ3n) is 2.29. The van der Waals surface area contributed by atoms with Crippen LogP contribution in [0.3, 0.4) is 0 Å². The van der Waals surface area contributed by atoms with Crippen molar-refractivity contribution in [2.45, 2.75) is 25.2 Å². The van der Waals surface area contributed by atoms with Crippen LogP contribution in [0.4, 0.5) is 0 Å². The summed E-state index contributed by atoms with van der Waals surface area (Å²) in [6, 6.07) is 7.40. The van der Waals surface area contributed by atoms with E-state index >= 15 is 0 Å². The van der Waals surface area contributed by atoms with E-state index in [1.165, 1.54) is 0 Å². The molecule has 0 spiro atoms. The van der Waals surface area contributed by atoms with Gasteiger partial charge in [0.05, 0.1) is 12.2 Å². The predicted octanol–water partition coefficient (Wildman–Crippen LogP) is 2.48. The molecule has 0 atom stereocenters. The lowest BCUT2D eigenvalue weighted by atomic mass is 10.2. The number of amides is 1. The van der Waals surface area contributed by atoms with E-state index in [1.54, 1.807) is 24.8 Å². The Bertz CT molecular complexity index is 434. The fourth-order valence-electron chi connectivity index (χ4n) is 1.45. The van der Waals surface area contributed by atoms with Gasteiger partial charge in [-0.2, -0.15) is 0 Å². The highest BCUT2D eigenvalue weighted by molar-refractivity contribution is 7.99. The molecule has 0 saturated heterocycles. The first-order valence-corrected chi connectivity index (χ1v) is 7.33. The lowest BCUT2D eigenvalue weighted by molar-refractivity contribution is -0.141. The number of esters is 1. The minimum Gasteiger partial charge on any atom is -0.465 e. The summed E-state index contributed by atoms with van der Waals surface area (Å²) >= 11 is 1.64. The molecular weight excluding hydrogens is 262 g/mol. The van der Waals surface area contributed by atoms with E-state index in [1.807, 2.05) is 18.2 Å². The molecule has 0 saturated carbocycles. The fourth-order valence-corrected chi connectivity index (χ4v) is 2.37. The zero-order chi connectivity index (χ0) is 14.1. The molecule has 0 fully saturated rings. The number of carbonyl (C=O) groups excluding carboxylic acids is 2. The molecule has 0 aliphatic carbocycles. The third-order valence-corrected chi connectivity index (χ3v) is 3.57. The molecule has 0 aliphatic rings. The summed E-state index contributed by atoms with van der Waals surface area (Å²) in [5.74, 6) is 0.295.